The van der Waals surface area contributed by atoms with E-state index in [0.29, 0.717) is 0 Å². The summed E-state index contributed by atoms with van der Waals surface area (Å²) < 4.78 is 0.266. The number of hydrogen-bond acceptors (Lipinski definition) is 5. The predicted octanol–water partition coefficient (Wildman–Crippen LogP) is 3.31. The van der Waals surface area contributed by atoms with Gasteiger partial charge in [0.2, 0.25) is 0 Å². The van der Waals surface area contributed by atoms with Gasteiger partial charge in [-0.05, 0) is 41.2 Å². The fraction of sp³-hybridized carbons (Fsp3) is 0.111. The van der Waals surface area contributed by atoms with E-state index in [1.165, 1.54) is 12.1 Å². The number of rotatable bonds is 4. The Morgan fingerprint density at radius 2 is 2.04 bits per heavy atom. The summed E-state index contributed by atoms with van der Waals surface area (Å²) in [5, 5.41) is 23.6. The Balaban J connectivity index is 1.92. The minimum Gasteiger partial charge on any atom is -0.506 e. The van der Waals surface area contributed by atoms with Crippen LogP contribution in [0, 0.1) is 20.6 Å². The standard InChI is InChI=1S/C18H14IN3O5/c1-10-3-2-4-11(5-10)9-21-17(24)15(20-18(21)25)7-12-6-13(22(26)27)8-14(19)16(12)23/h2-8,23H,9H2,1H3,(H,20,25)/b15-7+. The third-order valence-corrected chi connectivity index (χ3v) is 4.80. The van der Waals surface area contributed by atoms with Crippen molar-refractivity contribution < 1.29 is 19.6 Å². The highest BCUT2D eigenvalue weighted by molar-refractivity contribution is 14.1. The van der Waals surface area contributed by atoms with Gasteiger partial charge in [0.25, 0.3) is 11.6 Å². The third-order valence-electron chi connectivity index (χ3n) is 3.97. The number of amides is 3. The molecule has 0 saturated carbocycles. The second-order valence-corrected chi connectivity index (χ2v) is 7.15. The molecule has 1 fully saturated rings. The Morgan fingerprint density at radius 3 is 2.70 bits per heavy atom. The molecule has 138 valence electrons. The minimum absolute atomic E-state index is 0.0562. The van der Waals surface area contributed by atoms with Crippen molar-refractivity contribution in [2.24, 2.45) is 0 Å². The molecule has 0 unspecified atom stereocenters. The molecule has 27 heavy (non-hydrogen) atoms. The number of aryl methyl sites for hydroxylation is 1. The average molecular weight is 479 g/mol. The zero-order valence-corrected chi connectivity index (χ0v) is 16.3. The summed E-state index contributed by atoms with van der Waals surface area (Å²) in [6.07, 6.45) is 1.24. The lowest BCUT2D eigenvalue weighted by Gasteiger charge is -2.12. The van der Waals surface area contributed by atoms with Gasteiger partial charge in [-0.25, -0.2) is 4.79 Å². The molecule has 2 N–H and O–H groups in total. The number of nitro groups is 1. The third kappa shape index (κ3) is 3.92. The number of nitro benzene ring substituents is 1. The number of phenols is 1. The van der Waals surface area contributed by atoms with Gasteiger partial charge in [0, 0.05) is 17.7 Å². The number of urea groups is 1. The van der Waals surface area contributed by atoms with Crippen molar-refractivity contribution in [1.29, 1.82) is 0 Å². The summed E-state index contributed by atoms with van der Waals surface area (Å²) in [6.45, 7) is 2.01. The van der Waals surface area contributed by atoms with Crippen LogP contribution < -0.4 is 5.32 Å². The Bertz CT molecular complexity index is 1000. The lowest BCUT2D eigenvalue weighted by Crippen LogP contribution is -2.30. The maximum absolute atomic E-state index is 12.6. The summed E-state index contributed by atoms with van der Waals surface area (Å²) in [5.41, 5.74) is 1.60. The van der Waals surface area contributed by atoms with Gasteiger partial charge in [-0.1, -0.05) is 29.8 Å². The van der Waals surface area contributed by atoms with E-state index in [4.69, 9.17) is 0 Å². The quantitative estimate of drug-likeness (QED) is 0.230. The minimum atomic E-state index is -0.595. The van der Waals surface area contributed by atoms with Crippen molar-refractivity contribution in [3.8, 4) is 5.75 Å². The predicted molar refractivity (Wildman–Crippen MR) is 106 cm³/mol. The first kappa shape index (κ1) is 18.8. The largest absolute Gasteiger partial charge is 0.506 e. The highest BCUT2D eigenvalue weighted by Gasteiger charge is 2.33. The smallest absolute Gasteiger partial charge is 0.329 e. The van der Waals surface area contributed by atoms with Crippen LogP contribution in [0.1, 0.15) is 16.7 Å². The molecular formula is C18H14IN3O5. The molecule has 0 radical (unpaired) electrons. The normalized spacial score (nSPS) is 15.3. The monoisotopic (exact) mass is 479 g/mol. The maximum Gasteiger partial charge on any atom is 0.329 e. The van der Waals surface area contributed by atoms with E-state index in [1.807, 2.05) is 31.2 Å². The van der Waals surface area contributed by atoms with E-state index < -0.39 is 16.9 Å². The molecule has 8 nitrogen and oxygen atoms in total. The van der Waals surface area contributed by atoms with Crippen LogP contribution in [0.4, 0.5) is 10.5 Å². The Morgan fingerprint density at radius 1 is 1.30 bits per heavy atom. The SMILES string of the molecule is Cc1cccc(CN2C(=O)N/C(=C/c3cc([N+](=O)[O-])cc(I)c3O)C2=O)c1. The van der Waals surface area contributed by atoms with Crippen LogP contribution >= 0.6 is 22.6 Å². The number of carbonyl (C=O) groups is 2. The first-order chi connectivity index (χ1) is 12.8. The Kier molecular flexibility index (Phi) is 5.13. The fourth-order valence-corrected chi connectivity index (χ4v) is 3.32. The van der Waals surface area contributed by atoms with Gasteiger partial charge in [0.1, 0.15) is 11.4 Å². The van der Waals surface area contributed by atoms with Gasteiger partial charge in [0.15, 0.2) is 0 Å². The van der Waals surface area contributed by atoms with E-state index in [9.17, 15) is 24.8 Å². The number of halogens is 1. The zero-order chi connectivity index (χ0) is 19.7. The van der Waals surface area contributed by atoms with Crippen LogP contribution in [0.3, 0.4) is 0 Å². The van der Waals surface area contributed by atoms with E-state index in [2.05, 4.69) is 5.32 Å². The molecule has 2 aromatic carbocycles. The van der Waals surface area contributed by atoms with Crippen LogP contribution in [0.5, 0.6) is 5.75 Å². The maximum atomic E-state index is 12.6. The van der Waals surface area contributed by atoms with E-state index >= 15 is 0 Å². The number of nitrogens with one attached hydrogen (secondary N) is 1. The molecule has 1 heterocycles. The molecule has 9 heteroatoms. The van der Waals surface area contributed by atoms with Crippen molar-refractivity contribution >= 4 is 46.3 Å². The molecule has 3 rings (SSSR count). The van der Waals surface area contributed by atoms with Gasteiger partial charge in [-0.15, -0.1) is 0 Å². The topological polar surface area (TPSA) is 113 Å². The van der Waals surface area contributed by atoms with E-state index in [-0.39, 0.29) is 32.8 Å². The molecule has 3 amide bonds. The van der Waals surface area contributed by atoms with E-state index in [0.717, 1.165) is 22.1 Å². The van der Waals surface area contributed by atoms with Gasteiger partial charge in [0.05, 0.1) is 15.0 Å². The van der Waals surface area contributed by atoms with E-state index in [1.54, 1.807) is 22.6 Å². The molecule has 0 aromatic heterocycles. The van der Waals surface area contributed by atoms with Crippen LogP contribution in [-0.4, -0.2) is 26.9 Å². The van der Waals surface area contributed by atoms with Gasteiger partial charge in [-0.3, -0.25) is 19.8 Å². The van der Waals surface area contributed by atoms with Crippen LogP contribution in [-0.2, 0) is 11.3 Å². The number of imide groups is 1. The average Bonchev–Trinajstić information content (AvgIpc) is 2.86. The lowest BCUT2D eigenvalue weighted by atomic mass is 10.1. The second kappa shape index (κ2) is 7.35. The van der Waals surface area contributed by atoms with Crippen molar-refractivity contribution in [3.05, 3.63) is 72.5 Å². The van der Waals surface area contributed by atoms with Crippen molar-refractivity contribution in [2.45, 2.75) is 13.5 Å². The number of nitrogens with zero attached hydrogens (tertiary/aromatic N) is 2. The first-order valence-corrected chi connectivity index (χ1v) is 8.91. The van der Waals surface area contributed by atoms with Gasteiger partial charge < -0.3 is 10.4 Å². The highest BCUT2D eigenvalue weighted by atomic mass is 127. The molecule has 0 aliphatic carbocycles. The molecule has 0 atom stereocenters. The highest BCUT2D eigenvalue weighted by Crippen LogP contribution is 2.31. The zero-order valence-electron chi connectivity index (χ0n) is 14.1. The van der Waals surface area contributed by atoms with Crippen molar-refractivity contribution in [3.63, 3.8) is 0 Å². The molecule has 1 aliphatic heterocycles. The van der Waals surface area contributed by atoms with Crippen molar-refractivity contribution in [2.75, 3.05) is 0 Å². The van der Waals surface area contributed by atoms with Crippen molar-refractivity contribution in [1.82, 2.24) is 10.2 Å². The number of carbonyl (C=O) groups excluding carboxylic acids is 2. The number of aromatic hydroxyl groups is 1. The number of benzene rings is 2. The van der Waals surface area contributed by atoms with Gasteiger partial charge in [-0.2, -0.15) is 0 Å². The molecule has 0 bridgehead atoms. The second-order valence-electron chi connectivity index (χ2n) is 5.99. The molecule has 2 aromatic rings. The summed E-state index contributed by atoms with van der Waals surface area (Å²) in [7, 11) is 0. The summed E-state index contributed by atoms with van der Waals surface area (Å²) in [4.78, 5) is 36.2. The van der Waals surface area contributed by atoms with Crippen LogP contribution in [0.15, 0.2) is 42.1 Å². The lowest BCUT2D eigenvalue weighted by molar-refractivity contribution is -0.385. The fourth-order valence-electron chi connectivity index (χ4n) is 2.68. The first-order valence-electron chi connectivity index (χ1n) is 7.83. The summed E-state index contributed by atoms with van der Waals surface area (Å²) >= 11 is 1.76. The van der Waals surface area contributed by atoms with Crippen LogP contribution in [0.2, 0.25) is 0 Å². The summed E-state index contributed by atoms with van der Waals surface area (Å²) in [6, 6.07) is 9.20. The Labute approximate surface area is 167 Å². The molecule has 0 spiro atoms. The molecule has 1 saturated heterocycles. The number of hydrogen-bond donors (Lipinski definition) is 2. The number of non-ortho nitro benzene ring substituents is 1. The van der Waals surface area contributed by atoms with Crippen LogP contribution in [0.25, 0.3) is 6.08 Å². The summed E-state index contributed by atoms with van der Waals surface area (Å²) in [5.74, 6) is -0.768. The molecule has 1 aliphatic rings. The number of phenolic OH excluding ortho intramolecular Hbond substituents is 1. The van der Waals surface area contributed by atoms with Gasteiger partial charge >= 0.3 is 6.03 Å². The Hall–Kier alpha value is -2.95. The molecular weight excluding hydrogens is 465 g/mol.